The van der Waals surface area contributed by atoms with Crippen LogP contribution in [0.3, 0.4) is 0 Å². The van der Waals surface area contributed by atoms with Gasteiger partial charge in [0, 0.05) is 12.1 Å². The molecule has 126 valence electrons. The Hall–Kier alpha value is -1.63. The largest absolute Gasteiger partial charge is 0.345 e. The van der Waals surface area contributed by atoms with E-state index in [4.69, 9.17) is 5.73 Å². The van der Waals surface area contributed by atoms with Crippen LogP contribution < -0.4 is 11.1 Å². The van der Waals surface area contributed by atoms with E-state index in [-0.39, 0.29) is 36.3 Å². The van der Waals surface area contributed by atoms with Gasteiger partial charge in [-0.1, -0.05) is 18.9 Å². The van der Waals surface area contributed by atoms with E-state index in [9.17, 15) is 4.79 Å². The zero-order valence-corrected chi connectivity index (χ0v) is 14.3. The third kappa shape index (κ3) is 4.22. The zero-order chi connectivity index (χ0) is 14.7. The summed E-state index contributed by atoms with van der Waals surface area (Å²) in [5.74, 6) is -0.0793. The van der Waals surface area contributed by atoms with Crippen LogP contribution in [0.2, 0.25) is 0 Å². The summed E-state index contributed by atoms with van der Waals surface area (Å²) in [5, 5.41) is 7.20. The number of nitrogens with zero attached hydrogens (tertiary/aromatic N) is 3. The fraction of sp³-hybridized carbons (Fsp3) is 0.400. The van der Waals surface area contributed by atoms with E-state index in [1.807, 2.05) is 18.2 Å². The Labute approximate surface area is 147 Å². The van der Waals surface area contributed by atoms with Crippen molar-refractivity contribution in [1.82, 2.24) is 20.1 Å². The number of benzene rings is 1. The quantitative estimate of drug-likeness (QED) is 0.877. The fourth-order valence-electron chi connectivity index (χ4n) is 2.88. The van der Waals surface area contributed by atoms with Gasteiger partial charge in [0.1, 0.15) is 12.7 Å². The lowest BCUT2D eigenvalue weighted by molar-refractivity contribution is 0.0903. The molecule has 1 amide bonds. The SMILES string of the molecule is Cl.Cl.NCC1(NC(=O)c2cccc(-n3cncn3)c2)CCCC1. The Bertz CT molecular complexity index is 627. The molecule has 0 bridgehead atoms. The Morgan fingerprint density at radius 3 is 2.65 bits per heavy atom. The number of halogens is 2. The van der Waals surface area contributed by atoms with Crippen LogP contribution in [0.15, 0.2) is 36.9 Å². The predicted octanol–water partition coefficient (Wildman–Crippen LogP) is 2.11. The number of nitrogens with one attached hydrogen (secondary N) is 1. The molecule has 1 aromatic heterocycles. The summed E-state index contributed by atoms with van der Waals surface area (Å²) in [4.78, 5) is 16.4. The smallest absolute Gasteiger partial charge is 0.251 e. The molecule has 3 N–H and O–H groups in total. The maximum atomic E-state index is 12.5. The van der Waals surface area contributed by atoms with E-state index in [1.54, 1.807) is 17.1 Å². The molecule has 0 radical (unpaired) electrons. The maximum absolute atomic E-state index is 12.5. The van der Waals surface area contributed by atoms with E-state index in [0.717, 1.165) is 31.4 Å². The Kier molecular flexibility index (Phi) is 7.00. The molecule has 0 unspecified atom stereocenters. The molecule has 0 saturated heterocycles. The third-order valence-corrected chi connectivity index (χ3v) is 4.12. The molecule has 1 aromatic carbocycles. The van der Waals surface area contributed by atoms with E-state index >= 15 is 0 Å². The first-order valence-electron chi connectivity index (χ1n) is 7.20. The monoisotopic (exact) mass is 357 g/mol. The molecule has 1 heterocycles. The van der Waals surface area contributed by atoms with Crippen molar-refractivity contribution >= 4 is 30.7 Å². The van der Waals surface area contributed by atoms with Gasteiger partial charge in [0.15, 0.2) is 0 Å². The fourth-order valence-corrected chi connectivity index (χ4v) is 2.88. The van der Waals surface area contributed by atoms with Gasteiger partial charge in [0.05, 0.1) is 11.2 Å². The summed E-state index contributed by atoms with van der Waals surface area (Å²) in [7, 11) is 0. The first-order chi connectivity index (χ1) is 10.2. The standard InChI is InChI=1S/C15H19N5O.2ClH/c16-9-15(6-1-2-7-15)19-14(21)12-4-3-5-13(8-12)20-11-17-10-18-20;;/h3-5,8,10-11H,1-2,6-7,9,16H2,(H,19,21);2*1H. The lowest BCUT2D eigenvalue weighted by Gasteiger charge is -2.28. The molecular weight excluding hydrogens is 337 g/mol. The van der Waals surface area contributed by atoms with Gasteiger partial charge in [-0.15, -0.1) is 24.8 Å². The van der Waals surface area contributed by atoms with Crippen LogP contribution in [0.1, 0.15) is 36.0 Å². The molecule has 8 heteroatoms. The normalized spacial score (nSPS) is 15.3. The third-order valence-electron chi connectivity index (χ3n) is 4.12. The molecule has 2 aromatic rings. The van der Waals surface area contributed by atoms with Crippen LogP contribution >= 0.6 is 24.8 Å². The minimum absolute atomic E-state index is 0. The minimum atomic E-state index is -0.236. The highest BCUT2D eigenvalue weighted by Crippen LogP contribution is 2.29. The van der Waals surface area contributed by atoms with Crippen molar-refractivity contribution in [3.63, 3.8) is 0 Å². The Balaban J connectivity index is 0.00000132. The van der Waals surface area contributed by atoms with Crippen LogP contribution in [0.4, 0.5) is 0 Å². The predicted molar refractivity (Wildman–Crippen MR) is 93.6 cm³/mol. The van der Waals surface area contributed by atoms with Crippen molar-refractivity contribution in [2.24, 2.45) is 5.73 Å². The van der Waals surface area contributed by atoms with Gasteiger partial charge in [-0.2, -0.15) is 5.10 Å². The second kappa shape index (κ2) is 8.29. The summed E-state index contributed by atoms with van der Waals surface area (Å²) < 4.78 is 1.63. The lowest BCUT2D eigenvalue weighted by Crippen LogP contribution is -2.51. The summed E-state index contributed by atoms with van der Waals surface area (Å²) in [6.45, 7) is 0.488. The summed E-state index contributed by atoms with van der Waals surface area (Å²) in [6, 6.07) is 7.34. The van der Waals surface area contributed by atoms with Crippen molar-refractivity contribution in [3.8, 4) is 5.69 Å². The van der Waals surface area contributed by atoms with Gasteiger partial charge in [-0.3, -0.25) is 4.79 Å². The number of carbonyl (C=O) groups is 1. The van der Waals surface area contributed by atoms with Gasteiger partial charge in [0.25, 0.3) is 5.91 Å². The van der Waals surface area contributed by atoms with Crippen molar-refractivity contribution in [3.05, 3.63) is 42.5 Å². The molecule has 1 fully saturated rings. The van der Waals surface area contributed by atoms with Crippen LogP contribution in [-0.4, -0.2) is 32.8 Å². The summed E-state index contributed by atoms with van der Waals surface area (Å²) >= 11 is 0. The van der Waals surface area contributed by atoms with E-state index in [0.29, 0.717) is 12.1 Å². The van der Waals surface area contributed by atoms with Crippen molar-refractivity contribution < 1.29 is 4.79 Å². The molecule has 0 spiro atoms. The highest BCUT2D eigenvalue weighted by molar-refractivity contribution is 5.95. The summed E-state index contributed by atoms with van der Waals surface area (Å²) in [6.07, 6.45) is 7.23. The van der Waals surface area contributed by atoms with E-state index in [2.05, 4.69) is 15.4 Å². The molecule has 6 nitrogen and oxygen atoms in total. The minimum Gasteiger partial charge on any atom is -0.345 e. The van der Waals surface area contributed by atoms with Gasteiger partial charge in [-0.25, -0.2) is 9.67 Å². The molecule has 3 rings (SSSR count). The molecule has 1 aliphatic carbocycles. The van der Waals surface area contributed by atoms with E-state index in [1.165, 1.54) is 6.33 Å². The highest BCUT2D eigenvalue weighted by Gasteiger charge is 2.34. The number of carbonyl (C=O) groups excluding carboxylic acids is 1. The maximum Gasteiger partial charge on any atom is 0.251 e. The van der Waals surface area contributed by atoms with Gasteiger partial charge < -0.3 is 11.1 Å². The van der Waals surface area contributed by atoms with Crippen molar-refractivity contribution in [2.75, 3.05) is 6.54 Å². The number of aromatic nitrogens is 3. The molecule has 1 aliphatic rings. The zero-order valence-electron chi connectivity index (χ0n) is 12.6. The van der Waals surface area contributed by atoms with Gasteiger partial charge in [-0.05, 0) is 31.0 Å². The Morgan fingerprint density at radius 2 is 2.04 bits per heavy atom. The van der Waals surface area contributed by atoms with Crippen LogP contribution in [-0.2, 0) is 0 Å². The van der Waals surface area contributed by atoms with Gasteiger partial charge in [0.2, 0.25) is 0 Å². The number of nitrogens with two attached hydrogens (primary N) is 1. The first-order valence-corrected chi connectivity index (χ1v) is 7.20. The number of amides is 1. The lowest BCUT2D eigenvalue weighted by atomic mass is 9.97. The number of hydrogen-bond donors (Lipinski definition) is 2. The number of hydrogen-bond acceptors (Lipinski definition) is 4. The second-order valence-electron chi connectivity index (χ2n) is 5.54. The average Bonchev–Trinajstić information content (AvgIpc) is 3.19. The number of rotatable bonds is 4. The molecular formula is C15H21Cl2N5O. The summed E-state index contributed by atoms with van der Waals surface area (Å²) in [5.41, 5.74) is 7.06. The first kappa shape index (κ1) is 19.4. The highest BCUT2D eigenvalue weighted by atomic mass is 35.5. The topological polar surface area (TPSA) is 85.8 Å². The molecule has 0 atom stereocenters. The van der Waals surface area contributed by atoms with Crippen molar-refractivity contribution in [1.29, 1.82) is 0 Å². The molecule has 23 heavy (non-hydrogen) atoms. The Morgan fingerprint density at radius 1 is 1.30 bits per heavy atom. The van der Waals surface area contributed by atoms with Crippen molar-refractivity contribution in [2.45, 2.75) is 31.2 Å². The average molecular weight is 358 g/mol. The second-order valence-corrected chi connectivity index (χ2v) is 5.54. The van der Waals surface area contributed by atoms with E-state index < -0.39 is 0 Å². The molecule has 0 aliphatic heterocycles. The van der Waals surface area contributed by atoms with Crippen LogP contribution in [0, 0.1) is 0 Å². The van der Waals surface area contributed by atoms with Crippen LogP contribution in [0.25, 0.3) is 5.69 Å². The van der Waals surface area contributed by atoms with Crippen LogP contribution in [0.5, 0.6) is 0 Å². The molecule has 1 saturated carbocycles. The van der Waals surface area contributed by atoms with Gasteiger partial charge >= 0.3 is 0 Å².